The number of rotatable bonds is 8. The predicted molar refractivity (Wildman–Crippen MR) is 132 cm³/mol. The quantitative estimate of drug-likeness (QED) is 0.326. The standard InChI is InChI=1S/C25H23Cl2N3O3/c1-3-33-21-10-7-15(13-22(21)32-2)11-12-28-25(31)16-8-9-19-20(14-16)30-24(29-19)23-17(26)5-4-6-18(23)27/h4-10,13-14H,3,11-12H2,1-2H3,(H,28,31)(H,29,30). The van der Waals surface area contributed by atoms with Crippen LogP contribution in [0.25, 0.3) is 22.4 Å². The number of hydrogen-bond donors (Lipinski definition) is 2. The number of aromatic nitrogens is 2. The SMILES string of the molecule is CCOc1ccc(CCNC(=O)c2ccc3nc(-c4c(Cl)cccc4Cl)[nH]c3c2)cc1OC. The molecule has 0 unspecified atom stereocenters. The number of ether oxygens (including phenoxy) is 2. The number of H-pyrrole nitrogens is 1. The first-order chi connectivity index (χ1) is 16.0. The first kappa shape index (κ1) is 23.0. The average Bonchev–Trinajstić information content (AvgIpc) is 3.22. The second kappa shape index (κ2) is 10.1. The van der Waals surface area contributed by atoms with E-state index in [-0.39, 0.29) is 5.91 Å². The van der Waals surface area contributed by atoms with Crippen molar-refractivity contribution in [2.24, 2.45) is 0 Å². The third kappa shape index (κ3) is 5.07. The molecule has 0 bridgehead atoms. The van der Waals surface area contributed by atoms with Crippen molar-refractivity contribution in [2.45, 2.75) is 13.3 Å². The molecular weight excluding hydrogens is 461 g/mol. The van der Waals surface area contributed by atoms with Gasteiger partial charge in [0.15, 0.2) is 11.5 Å². The Labute approximate surface area is 201 Å². The van der Waals surface area contributed by atoms with E-state index in [4.69, 9.17) is 32.7 Å². The van der Waals surface area contributed by atoms with Gasteiger partial charge < -0.3 is 19.8 Å². The van der Waals surface area contributed by atoms with Crippen LogP contribution in [-0.4, -0.2) is 36.1 Å². The average molecular weight is 484 g/mol. The van der Waals surface area contributed by atoms with Gasteiger partial charge in [-0.05, 0) is 61.4 Å². The third-order valence-corrected chi connectivity index (χ3v) is 5.80. The summed E-state index contributed by atoms with van der Waals surface area (Å²) in [7, 11) is 1.61. The van der Waals surface area contributed by atoms with Crippen molar-refractivity contribution < 1.29 is 14.3 Å². The number of carbonyl (C=O) groups excluding carboxylic acids is 1. The fourth-order valence-corrected chi connectivity index (χ4v) is 4.13. The normalized spacial score (nSPS) is 10.9. The monoisotopic (exact) mass is 483 g/mol. The summed E-state index contributed by atoms with van der Waals surface area (Å²) in [4.78, 5) is 20.5. The van der Waals surface area contributed by atoms with Crippen molar-refractivity contribution in [3.63, 3.8) is 0 Å². The minimum absolute atomic E-state index is 0.165. The van der Waals surface area contributed by atoms with Gasteiger partial charge >= 0.3 is 0 Å². The first-order valence-electron chi connectivity index (χ1n) is 10.5. The van der Waals surface area contributed by atoms with E-state index in [1.807, 2.05) is 25.1 Å². The number of carbonyl (C=O) groups is 1. The third-order valence-electron chi connectivity index (χ3n) is 5.17. The molecule has 0 saturated heterocycles. The Morgan fingerprint density at radius 2 is 1.85 bits per heavy atom. The molecule has 0 atom stereocenters. The highest BCUT2D eigenvalue weighted by Crippen LogP contribution is 2.34. The number of nitrogens with one attached hydrogen (secondary N) is 2. The molecule has 8 heteroatoms. The topological polar surface area (TPSA) is 76.2 Å². The van der Waals surface area contributed by atoms with E-state index in [0.29, 0.717) is 58.1 Å². The van der Waals surface area contributed by atoms with Crippen molar-refractivity contribution in [3.05, 3.63) is 75.8 Å². The number of amides is 1. The molecule has 0 aliphatic rings. The van der Waals surface area contributed by atoms with Crippen molar-refractivity contribution in [3.8, 4) is 22.9 Å². The highest BCUT2D eigenvalue weighted by molar-refractivity contribution is 6.39. The van der Waals surface area contributed by atoms with Gasteiger partial charge in [0.25, 0.3) is 5.91 Å². The van der Waals surface area contributed by atoms with E-state index in [1.54, 1.807) is 43.5 Å². The number of hydrogen-bond acceptors (Lipinski definition) is 4. The Morgan fingerprint density at radius 3 is 2.58 bits per heavy atom. The smallest absolute Gasteiger partial charge is 0.251 e. The molecule has 170 valence electrons. The molecule has 4 rings (SSSR count). The number of halogens is 2. The summed E-state index contributed by atoms with van der Waals surface area (Å²) in [5.74, 6) is 1.78. The van der Waals surface area contributed by atoms with Gasteiger partial charge in [-0.15, -0.1) is 0 Å². The maximum Gasteiger partial charge on any atom is 0.251 e. The summed E-state index contributed by atoms with van der Waals surface area (Å²) < 4.78 is 10.9. The van der Waals surface area contributed by atoms with Crippen molar-refractivity contribution in [1.29, 1.82) is 0 Å². The van der Waals surface area contributed by atoms with Gasteiger partial charge in [0.1, 0.15) is 5.82 Å². The van der Waals surface area contributed by atoms with Crippen molar-refractivity contribution >= 4 is 40.1 Å². The summed E-state index contributed by atoms with van der Waals surface area (Å²) in [6, 6.07) is 16.4. The van der Waals surface area contributed by atoms with Gasteiger partial charge in [-0.25, -0.2) is 4.98 Å². The molecule has 2 N–H and O–H groups in total. The van der Waals surface area contributed by atoms with Crippen LogP contribution in [0.3, 0.4) is 0 Å². The van der Waals surface area contributed by atoms with Gasteiger partial charge in [0.2, 0.25) is 0 Å². The summed E-state index contributed by atoms with van der Waals surface area (Å²) in [5.41, 5.74) is 3.66. The lowest BCUT2D eigenvalue weighted by Crippen LogP contribution is -2.25. The van der Waals surface area contributed by atoms with E-state index in [1.165, 1.54) is 0 Å². The first-order valence-corrected chi connectivity index (χ1v) is 11.3. The van der Waals surface area contributed by atoms with Gasteiger partial charge in [-0.1, -0.05) is 35.3 Å². The lowest BCUT2D eigenvalue weighted by molar-refractivity contribution is 0.0954. The number of fused-ring (bicyclic) bond motifs is 1. The van der Waals surface area contributed by atoms with E-state index in [0.717, 1.165) is 16.6 Å². The number of nitrogens with zero attached hydrogens (tertiary/aromatic N) is 1. The Hall–Kier alpha value is -3.22. The van der Waals surface area contributed by atoms with Crippen LogP contribution in [0.4, 0.5) is 0 Å². The predicted octanol–water partition coefficient (Wildman–Crippen LogP) is 5.92. The molecule has 1 amide bonds. The number of imidazole rings is 1. The number of benzene rings is 3. The lowest BCUT2D eigenvalue weighted by atomic mass is 10.1. The van der Waals surface area contributed by atoms with Gasteiger partial charge in [0, 0.05) is 12.1 Å². The Bertz CT molecular complexity index is 1280. The minimum atomic E-state index is -0.165. The summed E-state index contributed by atoms with van der Waals surface area (Å²) >= 11 is 12.6. The molecule has 4 aromatic rings. The molecule has 0 fully saturated rings. The number of aromatic amines is 1. The summed E-state index contributed by atoms with van der Waals surface area (Å²) in [5, 5.41) is 3.97. The van der Waals surface area contributed by atoms with Crippen LogP contribution in [0.1, 0.15) is 22.8 Å². The fourth-order valence-electron chi connectivity index (χ4n) is 3.56. The maximum absolute atomic E-state index is 12.7. The van der Waals surface area contributed by atoms with Crippen molar-refractivity contribution in [1.82, 2.24) is 15.3 Å². The van der Waals surface area contributed by atoms with Gasteiger partial charge in [0.05, 0.1) is 40.4 Å². The Balaban J connectivity index is 1.44. The zero-order chi connectivity index (χ0) is 23.4. The fraction of sp³-hybridized carbons (Fsp3) is 0.200. The second-order valence-corrected chi connectivity index (χ2v) is 8.15. The van der Waals surface area contributed by atoms with Crippen LogP contribution in [0, 0.1) is 0 Å². The van der Waals surface area contributed by atoms with Crippen LogP contribution in [0.15, 0.2) is 54.6 Å². The molecule has 0 aliphatic heterocycles. The van der Waals surface area contributed by atoms with E-state index >= 15 is 0 Å². The highest BCUT2D eigenvalue weighted by atomic mass is 35.5. The van der Waals surface area contributed by atoms with Crippen LogP contribution in [0.5, 0.6) is 11.5 Å². The summed E-state index contributed by atoms with van der Waals surface area (Å²) in [6.45, 7) is 2.98. The van der Waals surface area contributed by atoms with E-state index in [2.05, 4.69) is 15.3 Å². The van der Waals surface area contributed by atoms with Crippen LogP contribution in [-0.2, 0) is 6.42 Å². The molecule has 0 spiro atoms. The molecular formula is C25H23Cl2N3O3. The van der Waals surface area contributed by atoms with Gasteiger partial charge in [-0.2, -0.15) is 0 Å². The zero-order valence-corrected chi connectivity index (χ0v) is 19.8. The molecule has 6 nitrogen and oxygen atoms in total. The van der Waals surface area contributed by atoms with Crippen molar-refractivity contribution in [2.75, 3.05) is 20.3 Å². The molecule has 0 aliphatic carbocycles. The molecule has 1 aromatic heterocycles. The minimum Gasteiger partial charge on any atom is -0.493 e. The summed E-state index contributed by atoms with van der Waals surface area (Å²) in [6.07, 6.45) is 0.663. The lowest BCUT2D eigenvalue weighted by Gasteiger charge is -2.11. The van der Waals surface area contributed by atoms with Crippen LogP contribution in [0.2, 0.25) is 10.0 Å². The molecule has 1 heterocycles. The number of methoxy groups -OCH3 is 1. The molecule has 3 aromatic carbocycles. The zero-order valence-electron chi connectivity index (χ0n) is 18.2. The van der Waals surface area contributed by atoms with Crippen LogP contribution < -0.4 is 14.8 Å². The maximum atomic E-state index is 12.7. The van der Waals surface area contributed by atoms with E-state index < -0.39 is 0 Å². The largest absolute Gasteiger partial charge is 0.493 e. The molecule has 0 radical (unpaired) electrons. The Kier molecular flexibility index (Phi) is 7.06. The highest BCUT2D eigenvalue weighted by Gasteiger charge is 2.14. The molecule has 33 heavy (non-hydrogen) atoms. The van der Waals surface area contributed by atoms with E-state index in [9.17, 15) is 4.79 Å². The molecule has 0 saturated carbocycles. The second-order valence-electron chi connectivity index (χ2n) is 7.34. The van der Waals surface area contributed by atoms with Gasteiger partial charge in [-0.3, -0.25) is 4.79 Å². The van der Waals surface area contributed by atoms with Crippen LogP contribution >= 0.6 is 23.2 Å². The Morgan fingerprint density at radius 1 is 1.06 bits per heavy atom.